The fourth-order valence-electron chi connectivity index (χ4n) is 2.78. The molecule has 1 atom stereocenters. The van der Waals surface area contributed by atoms with Crippen molar-refractivity contribution in [3.63, 3.8) is 0 Å². The number of nitrogens with one attached hydrogen (secondary N) is 3. The van der Waals surface area contributed by atoms with Gasteiger partial charge in [0.1, 0.15) is 12.4 Å². The van der Waals surface area contributed by atoms with E-state index in [2.05, 4.69) is 10.6 Å². The second-order valence-electron chi connectivity index (χ2n) is 6.60. The van der Waals surface area contributed by atoms with E-state index in [0.29, 0.717) is 10.6 Å². The van der Waals surface area contributed by atoms with Gasteiger partial charge in [0.15, 0.2) is 6.54 Å². The molecule has 0 aliphatic rings. The molecule has 3 N–H and O–H groups in total. The molecule has 0 aliphatic heterocycles. The summed E-state index contributed by atoms with van der Waals surface area (Å²) < 4.78 is 13.8. The lowest BCUT2D eigenvalue weighted by atomic mass is 10.1. The van der Waals surface area contributed by atoms with E-state index in [1.807, 2.05) is 32.0 Å². The Labute approximate surface area is 163 Å². The first-order chi connectivity index (χ1) is 12.8. The van der Waals surface area contributed by atoms with Crippen molar-refractivity contribution in [3.05, 3.63) is 63.9 Å². The van der Waals surface area contributed by atoms with Gasteiger partial charge in [-0.1, -0.05) is 35.9 Å². The van der Waals surface area contributed by atoms with E-state index in [1.165, 1.54) is 12.1 Å². The number of amides is 2. The summed E-state index contributed by atoms with van der Waals surface area (Å²) in [6, 6.07) is 10.2. The number of anilines is 1. The Morgan fingerprint density at radius 2 is 1.70 bits per heavy atom. The van der Waals surface area contributed by atoms with E-state index in [1.54, 1.807) is 13.1 Å². The lowest BCUT2D eigenvalue weighted by Crippen LogP contribution is -3.09. The van der Waals surface area contributed by atoms with Gasteiger partial charge in [0.05, 0.1) is 24.2 Å². The van der Waals surface area contributed by atoms with E-state index < -0.39 is 5.82 Å². The third kappa shape index (κ3) is 6.05. The van der Waals surface area contributed by atoms with E-state index >= 15 is 0 Å². The molecule has 2 aromatic carbocycles. The molecule has 0 spiro atoms. The number of benzene rings is 2. The van der Waals surface area contributed by atoms with Gasteiger partial charge in [-0.3, -0.25) is 9.59 Å². The number of carbonyl (C=O) groups is 2. The van der Waals surface area contributed by atoms with Crippen molar-refractivity contribution in [1.29, 1.82) is 0 Å². The molecule has 0 heterocycles. The predicted molar refractivity (Wildman–Crippen MR) is 104 cm³/mol. The highest BCUT2D eigenvalue weighted by Crippen LogP contribution is 2.19. The summed E-state index contributed by atoms with van der Waals surface area (Å²) in [5, 5.41) is 5.74. The molecule has 27 heavy (non-hydrogen) atoms. The first-order valence-corrected chi connectivity index (χ1v) is 9.02. The highest BCUT2D eigenvalue weighted by molar-refractivity contribution is 6.31. The molecule has 0 aliphatic carbocycles. The van der Waals surface area contributed by atoms with Crippen LogP contribution in [-0.4, -0.2) is 32.0 Å². The number of aryl methyl sites for hydroxylation is 2. The van der Waals surface area contributed by atoms with E-state index in [4.69, 9.17) is 11.6 Å². The number of hydrogen-bond acceptors (Lipinski definition) is 2. The first-order valence-electron chi connectivity index (χ1n) is 8.65. The first kappa shape index (κ1) is 20.9. The van der Waals surface area contributed by atoms with E-state index in [-0.39, 0.29) is 31.4 Å². The Morgan fingerprint density at radius 3 is 2.33 bits per heavy atom. The maximum absolute atomic E-state index is 13.8. The Balaban J connectivity index is 1.82. The predicted octanol–water partition coefficient (Wildman–Crippen LogP) is 1.87. The molecule has 2 rings (SSSR count). The molecule has 1 unspecified atom stereocenters. The van der Waals surface area contributed by atoms with Crippen molar-refractivity contribution in [2.45, 2.75) is 20.4 Å². The van der Waals surface area contributed by atoms with Gasteiger partial charge in [0, 0.05) is 5.69 Å². The molecule has 0 bridgehead atoms. The van der Waals surface area contributed by atoms with Gasteiger partial charge in [-0.15, -0.1) is 0 Å². The van der Waals surface area contributed by atoms with Crippen molar-refractivity contribution in [2.24, 2.45) is 0 Å². The van der Waals surface area contributed by atoms with Crippen LogP contribution in [0.3, 0.4) is 0 Å². The van der Waals surface area contributed by atoms with Crippen molar-refractivity contribution in [1.82, 2.24) is 5.32 Å². The maximum atomic E-state index is 13.8. The van der Waals surface area contributed by atoms with E-state index in [0.717, 1.165) is 21.7 Å². The van der Waals surface area contributed by atoms with Crippen LogP contribution in [0.1, 0.15) is 16.7 Å². The second kappa shape index (κ2) is 9.48. The molecule has 2 amide bonds. The van der Waals surface area contributed by atoms with Gasteiger partial charge in [-0.2, -0.15) is 0 Å². The fourth-order valence-corrected chi connectivity index (χ4v) is 3.01. The van der Waals surface area contributed by atoms with Crippen LogP contribution in [0, 0.1) is 19.7 Å². The normalized spacial score (nSPS) is 11.7. The van der Waals surface area contributed by atoms with Gasteiger partial charge in [-0.25, -0.2) is 4.39 Å². The summed E-state index contributed by atoms with van der Waals surface area (Å²) in [6.07, 6.45) is 0. The third-order valence-corrected chi connectivity index (χ3v) is 4.55. The summed E-state index contributed by atoms with van der Waals surface area (Å²) in [5.74, 6) is -0.984. The smallest absolute Gasteiger partial charge is 0.275 e. The highest BCUT2D eigenvalue weighted by Gasteiger charge is 2.16. The summed E-state index contributed by atoms with van der Waals surface area (Å²) >= 11 is 6.01. The molecule has 7 heteroatoms. The SMILES string of the molecule is Cc1cccc(C)c1NC(=O)CNC(=O)C[NH+](C)Cc1c(F)cccc1Cl. The molecular formula is C20H24ClFN3O2+. The van der Waals surface area contributed by atoms with Crippen molar-refractivity contribution in [2.75, 3.05) is 25.5 Å². The van der Waals surface area contributed by atoms with Crippen molar-refractivity contribution in [3.8, 4) is 0 Å². The molecule has 0 radical (unpaired) electrons. The molecule has 5 nitrogen and oxygen atoms in total. The molecule has 144 valence electrons. The van der Waals surface area contributed by atoms with Gasteiger partial charge >= 0.3 is 0 Å². The zero-order valence-corrected chi connectivity index (χ0v) is 16.4. The van der Waals surface area contributed by atoms with Gasteiger partial charge in [0.25, 0.3) is 5.91 Å². The maximum Gasteiger partial charge on any atom is 0.275 e. The number of para-hydroxylation sites is 1. The Bertz CT molecular complexity index is 801. The number of hydrogen-bond donors (Lipinski definition) is 3. The quantitative estimate of drug-likeness (QED) is 0.673. The molecule has 0 fully saturated rings. The monoisotopic (exact) mass is 392 g/mol. The van der Waals surface area contributed by atoms with Crippen LogP contribution in [0.4, 0.5) is 10.1 Å². The lowest BCUT2D eigenvalue weighted by molar-refractivity contribution is -0.885. The van der Waals surface area contributed by atoms with Crippen LogP contribution in [0.2, 0.25) is 5.02 Å². The number of carbonyl (C=O) groups excluding carboxylic acids is 2. The van der Waals surface area contributed by atoms with E-state index in [9.17, 15) is 14.0 Å². The summed E-state index contributed by atoms with van der Waals surface area (Å²) in [7, 11) is 1.76. The summed E-state index contributed by atoms with van der Waals surface area (Å²) in [6.45, 7) is 4.07. The molecule has 0 aromatic heterocycles. The average molecular weight is 393 g/mol. The molecular weight excluding hydrogens is 369 g/mol. The molecule has 2 aromatic rings. The van der Waals surface area contributed by atoms with Gasteiger partial charge in [-0.05, 0) is 37.1 Å². The number of rotatable bonds is 7. The minimum absolute atomic E-state index is 0.0985. The second-order valence-corrected chi connectivity index (χ2v) is 7.01. The van der Waals surface area contributed by atoms with Crippen LogP contribution in [0.25, 0.3) is 0 Å². The minimum atomic E-state index is -0.393. The average Bonchev–Trinajstić information content (AvgIpc) is 2.60. The minimum Gasteiger partial charge on any atom is -0.342 e. The van der Waals surface area contributed by atoms with Crippen LogP contribution in [0.5, 0.6) is 0 Å². The fraction of sp³-hybridized carbons (Fsp3) is 0.300. The van der Waals surface area contributed by atoms with Crippen molar-refractivity contribution < 1.29 is 18.9 Å². The van der Waals surface area contributed by atoms with Gasteiger partial charge < -0.3 is 15.5 Å². The van der Waals surface area contributed by atoms with Crippen LogP contribution in [0.15, 0.2) is 36.4 Å². The van der Waals surface area contributed by atoms with Gasteiger partial charge in [0.2, 0.25) is 5.91 Å². The third-order valence-electron chi connectivity index (χ3n) is 4.19. The number of likely N-dealkylation sites (N-methyl/N-ethyl adjacent to an activating group) is 1. The lowest BCUT2D eigenvalue weighted by Gasteiger charge is -2.15. The zero-order valence-electron chi connectivity index (χ0n) is 15.7. The largest absolute Gasteiger partial charge is 0.342 e. The Morgan fingerprint density at radius 1 is 1.07 bits per heavy atom. The highest BCUT2D eigenvalue weighted by atomic mass is 35.5. The molecule has 0 saturated carbocycles. The van der Waals surface area contributed by atoms with Crippen LogP contribution >= 0.6 is 11.6 Å². The number of quaternary nitrogens is 1. The zero-order chi connectivity index (χ0) is 20.0. The summed E-state index contributed by atoms with van der Waals surface area (Å²) in [4.78, 5) is 24.9. The van der Waals surface area contributed by atoms with Crippen molar-refractivity contribution >= 4 is 29.1 Å². The Kier molecular flexibility index (Phi) is 7.33. The van der Waals surface area contributed by atoms with Crippen LogP contribution in [-0.2, 0) is 16.1 Å². The molecule has 0 saturated heterocycles. The topological polar surface area (TPSA) is 62.6 Å². The standard InChI is InChI=1S/C20H23ClFN3O2/c1-13-6-4-7-14(2)20(13)24-18(26)10-23-19(27)12-25(3)11-15-16(21)8-5-9-17(15)22/h4-9H,10-12H2,1-3H3,(H,23,27)(H,24,26)/p+1. The van der Waals surface area contributed by atoms with Crippen LogP contribution < -0.4 is 15.5 Å². The Hall–Kier alpha value is -2.44. The summed E-state index contributed by atoms with van der Waals surface area (Å²) in [5.41, 5.74) is 3.05. The number of halogens is 2.